The normalized spacial score (nSPS) is 20.8. The lowest BCUT2D eigenvalue weighted by molar-refractivity contribution is 0.0745. The molecule has 7 rings (SSSR count). The number of hydrogen-bond acceptors (Lipinski definition) is 7. The smallest absolute Gasteiger partial charge is 0.274 e. The first kappa shape index (κ1) is 25.7. The zero-order valence-electron chi connectivity index (χ0n) is 23.5. The fraction of sp³-hybridized carbons (Fsp3) is 0.452. The first-order valence-electron chi connectivity index (χ1n) is 14.9. The van der Waals surface area contributed by atoms with Gasteiger partial charge in [0.2, 0.25) is 0 Å². The number of H-pyrrole nitrogens is 1. The summed E-state index contributed by atoms with van der Waals surface area (Å²) >= 11 is 0. The number of fused-ring (bicyclic) bond motifs is 2. The maximum atomic E-state index is 13.3. The first-order chi connectivity index (χ1) is 20.0. The van der Waals surface area contributed by atoms with E-state index in [0.717, 1.165) is 47.7 Å². The minimum Gasteiger partial charge on any atom is -0.355 e. The average molecular weight is 553 g/mol. The van der Waals surface area contributed by atoms with Crippen molar-refractivity contribution in [1.29, 1.82) is 0 Å². The number of anilines is 3. The van der Waals surface area contributed by atoms with Crippen LogP contribution in [0.15, 0.2) is 47.7 Å². The van der Waals surface area contributed by atoms with E-state index in [1.54, 1.807) is 23.5 Å². The second kappa shape index (κ2) is 10.6. The Balaban J connectivity index is 1.09. The molecule has 0 bridgehead atoms. The van der Waals surface area contributed by atoms with Crippen LogP contribution in [0.2, 0.25) is 0 Å². The number of aromatic nitrogens is 5. The second-order valence-electron chi connectivity index (χ2n) is 11.8. The molecule has 41 heavy (non-hydrogen) atoms. The Morgan fingerprint density at radius 2 is 1.80 bits per heavy atom. The van der Waals surface area contributed by atoms with Crippen LogP contribution >= 0.6 is 0 Å². The summed E-state index contributed by atoms with van der Waals surface area (Å²) in [6.07, 6.45) is 13.3. The van der Waals surface area contributed by atoms with Crippen molar-refractivity contribution in [3.05, 3.63) is 70.0 Å². The predicted molar refractivity (Wildman–Crippen MR) is 158 cm³/mol. The summed E-state index contributed by atoms with van der Waals surface area (Å²) in [4.78, 5) is 42.1. The Morgan fingerprint density at radius 3 is 2.61 bits per heavy atom. The zero-order valence-corrected chi connectivity index (χ0v) is 23.5. The number of rotatable bonds is 5. The van der Waals surface area contributed by atoms with Gasteiger partial charge in [0.25, 0.3) is 11.5 Å². The SMILES string of the molecule is C[C@H]1CCCC[C@@H]1n1nc(Nc2ccc3c(c2)CN(C(=O)c2cnc(N4CCCCC4)cn2)C3)c2c(=O)[nH]ccc21. The van der Waals surface area contributed by atoms with Crippen LogP contribution in [0.3, 0.4) is 0 Å². The molecule has 2 aliphatic heterocycles. The summed E-state index contributed by atoms with van der Waals surface area (Å²) in [5.41, 5.74) is 4.09. The highest BCUT2D eigenvalue weighted by Crippen LogP contribution is 2.37. The van der Waals surface area contributed by atoms with Crippen molar-refractivity contribution < 1.29 is 4.79 Å². The number of piperidine rings is 1. The van der Waals surface area contributed by atoms with E-state index >= 15 is 0 Å². The molecule has 3 aliphatic rings. The van der Waals surface area contributed by atoms with Gasteiger partial charge in [0.05, 0.1) is 24.0 Å². The summed E-state index contributed by atoms with van der Waals surface area (Å²) in [6.45, 7) is 5.28. The van der Waals surface area contributed by atoms with E-state index in [9.17, 15) is 9.59 Å². The molecule has 2 atom stereocenters. The lowest BCUT2D eigenvalue weighted by Crippen LogP contribution is -2.31. The van der Waals surface area contributed by atoms with E-state index in [1.807, 2.05) is 18.2 Å². The minimum atomic E-state index is -0.148. The standard InChI is InChI=1S/C31H36N8O2/c1-20-7-3-4-8-25(20)39-26-11-12-32-30(40)28(26)29(36-39)35-23-10-9-21-18-38(19-22(21)15-23)31(41)24-16-34-27(17-33-24)37-13-5-2-6-14-37/h9-12,15-17,20,25H,2-8,13-14,18-19H2,1H3,(H,32,40)(H,35,36)/t20-,25-/m0/s1. The van der Waals surface area contributed by atoms with Crippen LogP contribution in [0.4, 0.5) is 17.3 Å². The summed E-state index contributed by atoms with van der Waals surface area (Å²) in [6, 6.07) is 8.32. The van der Waals surface area contributed by atoms with Gasteiger partial charge >= 0.3 is 0 Å². The van der Waals surface area contributed by atoms with Crippen molar-refractivity contribution in [3.63, 3.8) is 0 Å². The number of carbonyl (C=O) groups excluding carboxylic acids is 1. The van der Waals surface area contributed by atoms with E-state index in [-0.39, 0.29) is 17.5 Å². The van der Waals surface area contributed by atoms with Gasteiger partial charge < -0.3 is 20.1 Å². The van der Waals surface area contributed by atoms with Gasteiger partial charge in [-0.05, 0) is 67.3 Å². The van der Waals surface area contributed by atoms with Crippen LogP contribution in [-0.2, 0) is 13.1 Å². The Morgan fingerprint density at radius 1 is 0.976 bits per heavy atom. The molecule has 4 aromatic rings. The predicted octanol–water partition coefficient (Wildman–Crippen LogP) is 5.16. The minimum absolute atomic E-state index is 0.119. The van der Waals surface area contributed by atoms with Gasteiger partial charge in [0.15, 0.2) is 5.82 Å². The third-order valence-electron chi connectivity index (χ3n) is 9.03. The van der Waals surface area contributed by atoms with E-state index in [0.29, 0.717) is 35.9 Å². The Hall–Kier alpha value is -4.21. The van der Waals surface area contributed by atoms with Crippen LogP contribution in [0.5, 0.6) is 0 Å². The topological polar surface area (TPSA) is 112 Å². The zero-order chi connectivity index (χ0) is 27.9. The number of aromatic amines is 1. The van der Waals surface area contributed by atoms with Crippen LogP contribution in [0, 0.1) is 5.92 Å². The molecule has 1 saturated heterocycles. The summed E-state index contributed by atoms with van der Waals surface area (Å²) in [5.74, 6) is 1.79. The number of nitrogens with zero attached hydrogens (tertiary/aromatic N) is 6. The van der Waals surface area contributed by atoms with Crippen molar-refractivity contribution in [2.75, 3.05) is 23.3 Å². The quantitative estimate of drug-likeness (QED) is 0.352. The number of carbonyl (C=O) groups is 1. The van der Waals surface area contributed by atoms with Crippen molar-refractivity contribution in [2.24, 2.45) is 5.92 Å². The lowest BCUT2D eigenvalue weighted by Gasteiger charge is -2.29. The molecule has 1 saturated carbocycles. The molecule has 10 nitrogen and oxygen atoms in total. The van der Waals surface area contributed by atoms with Crippen LogP contribution in [0.1, 0.15) is 79.5 Å². The highest BCUT2D eigenvalue weighted by Gasteiger charge is 2.28. The van der Waals surface area contributed by atoms with E-state index < -0.39 is 0 Å². The highest BCUT2D eigenvalue weighted by atomic mass is 16.2. The summed E-state index contributed by atoms with van der Waals surface area (Å²) in [5, 5.41) is 8.94. The molecule has 2 fully saturated rings. The van der Waals surface area contributed by atoms with Crippen LogP contribution in [0.25, 0.3) is 10.9 Å². The van der Waals surface area contributed by atoms with Gasteiger partial charge in [-0.1, -0.05) is 25.8 Å². The van der Waals surface area contributed by atoms with Gasteiger partial charge in [-0.25, -0.2) is 9.97 Å². The second-order valence-corrected chi connectivity index (χ2v) is 11.8. The molecule has 2 N–H and O–H groups in total. The van der Waals surface area contributed by atoms with Crippen molar-refractivity contribution in [3.8, 4) is 0 Å². The van der Waals surface area contributed by atoms with Crippen LogP contribution < -0.4 is 15.8 Å². The van der Waals surface area contributed by atoms with Gasteiger partial charge in [0.1, 0.15) is 16.9 Å². The maximum Gasteiger partial charge on any atom is 0.274 e. The molecular formula is C31H36N8O2. The number of amides is 1. The number of benzene rings is 1. The maximum absolute atomic E-state index is 13.3. The van der Waals surface area contributed by atoms with Crippen molar-refractivity contribution >= 4 is 34.1 Å². The number of hydrogen-bond donors (Lipinski definition) is 2. The summed E-state index contributed by atoms with van der Waals surface area (Å²) < 4.78 is 2.06. The molecule has 10 heteroatoms. The van der Waals surface area contributed by atoms with Gasteiger partial charge in [-0.2, -0.15) is 5.10 Å². The third kappa shape index (κ3) is 4.85. The van der Waals surface area contributed by atoms with Gasteiger partial charge in [-0.15, -0.1) is 0 Å². The molecule has 0 spiro atoms. The largest absolute Gasteiger partial charge is 0.355 e. The monoisotopic (exact) mass is 552 g/mol. The Kier molecular flexibility index (Phi) is 6.68. The van der Waals surface area contributed by atoms with E-state index in [2.05, 4.69) is 42.8 Å². The fourth-order valence-corrected chi connectivity index (χ4v) is 6.73. The van der Waals surface area contributed by atoms with E-state index in [4.69, 9.17) is 5.10 Å². The molecule has 1 amide bonds. The molecule has 1 aliphatic carbocycles. The number of pyridine rings is 1. The summed E-state index contributed by atoms with van der Waals surface area (Å²) in [7, 11) is 0. The Labute approximate surface area is 238 Å². The molecule has 1 aromatic carbocycles. The van der Waals surface area contributed by atoms with Gasteiger partial charge in [-0.3, -0.25) is 14.3 Å². The molecular weight excluding hydrogens is 516 g/mol. The fourth-order valence-electron chi connectivity index (χ4n) is 6.73. The molecule has 3 aromatic heterocycles. The molecule has 212 valence electrons. The first-order valence-corrected chi connectivity index (χ1v) is 14.9. The number of nitrogens with one attached hydrogen (secondary N) is 2. The molecule has 0 unspecified atom stereocenters. The third-order valence-corrected chi connectivity index (χ3v) is 9.03. The van der Waals surface area contributed by atoms with Crippen molar-refractivity contribution in [1.82, 2.24) is 29.6 Å². The lowest BCUT2D eigenvalue weighted by atomic mass is 9.86. The van der Waals surface area contributed by atoms with E-state index in [1.165, 1.54) is 38.5 Å². The molecule has 5 heterocycles. The van der Waals surface area contributed by atoms with Crippen LogP contribution in [-0.4, -0.2) is 48.6 Å². The van der Waals surface area contributed by atoms with Crippen molar-refractivity contribution in [2.45, 2.75) is 71.0 Å². The van der Waals surface area contributed by atoms with Gasteiger partial charge in [0, 0.05) is 38.1 Å². The molecule has 0 radical (unpaired) electrons. The Bertz CT molecular complexity index is 1640. The average Bonchev–Trinajstić information content (AvgIpc) is 3.60. The highest BCUT2D eigenvalue weighted by molar-refractivity contribution is 5.93.